The number of nitrogens with one attached hydrogen (secondary N) is 2. The number of aliphatic imine (C=N–C) groups is 1. The Labute approximate surface area is 144 Å². The summed E-state index contributed by atoms with van der Waals surface area (Å²) < 4.78 is 10.6. The Morgan fingerprint density at radius 3 is 2.62 bits per heavy atom. The molecule has 2 aromatic carbocycles. The molecule has 0 aromatic heterocycles. The number of hydrogen-bond acceptors (Lipinski definition) is 3. The van der Waals surface area contributed by atoms with Gasteiger partial charge in [0.05, 0.1) is 7.11 Å². The Morgan fingerprint density at radius 2 is 1.88 bits per heavy atom. The summed E-state index contributed by atoms with van der Waals surface area (Å²) in [5, 5.41) is 9.01. The highest BCUT2D eigenvalue weighted by molar-refractivity contribution is 5.85. The van der Waals surface area contributed by atoms with Crippen LogP contribution in [0.15, 0.2) is 41.4 Å². The summed E-state index contributed by atoms with van der Waals surface area (Å²) >= 11 is 0. The second-order valence-electron chi connectivity index (χ2n) is 5.45. The van der Waals surface area contributed by atoms with E-state index in [2.05, 4.69) is 39.9 Å². The van der Waals surface area contributed by atoms with Crippen LogP contribution >= 0.6 is 0 Å². The summed E-state index contributed by atoms with van der Waals surface area (Å²) in [6.45, 7) is 5.12. The van der Waals surface area contributed by atoms with E-state index >= 15 is 0 Å². The van der Waals surface area contributed by atoms with Crippen molar-refractivity contribution in [2.75, 3.05) is 33.9 Å². The molecule has 5 nitrogen and oxygen atoms in total. The molecule has 0 spiro atoms. The van der Waals surface area contributed by atoms with E-state index in [4.69, 9.17) is 9.47 Å². The lowest BCUT2D eigenvalue weighted by Gasteiger charge is -2.12. The maximum atomic E-state index is 5.33. The normalized spacial score (nSPS) is 11.5. The Bertz CT molecular complexity index is 671. The fourth-order valence-electron chi connectivity index (χ4n) is 2.44. The molecule has 5 heteroatoms. The van der Waals surface area contributed by atoms with Crippen molar-refractivity contribution in [3.05, 3.63) is 42.0 Å². The van der Waals surface area contributed by atoms with Gasteiger partial charge in [0.25, 0.3) is 0 Å². The fourth-order valence-corrected chi connectivity index (χ4v) is 2.44. The van der Waals surface area contributed by atoms with Crippen LogP contribution in [0.2, 0.25) is 0 Å². The van der Waals surface area contributed by atoms with Crippen LogP contribution < -0.4 is 15.4 Å². The second kappa shape index (κ2) is 9.78. The summed E-state index contributed by atoms with van der Waals surface area (Å²) in [5.74, 6) is 1.69. The maximum Gasteiger partial charge on any atom is 0.191 e. The number of fused-ring (bicyclic) bond motifs is 1. The van der Waals surface area contributed by atoms with Crippen LogP contribution in [0.3, 0.4) is 0 Å². The predicted octanol–water partition coefficient (Wildman–Crippen LogP) is 2.94. The maximum absolute atomic E-state index is 5.33. The molecule has 0 aliphatic rings. The molecule has 2 N–H and O–H groups in total. The van der Waals surface area contributed by atoms with Crippen LogP contribution in [0.4, 0.5) is 0 Å². The van der Waals surface area contributed by atoms with Crippen molar-refractivity contribution >= 4 is 16.7 Å². The first kappa shape index (κ1) is 18.1. The van der Waals surface area contributed by atoms with Crippen LogP contribution in [-0.4, -0.2) is 39.9 Å². The third kappa shape index (κ3) is 5.42. The van der Waals surface area contributed by atoms with E-state index in [0.29, 0.717) is 0 Å². The molecule has 0 heterocycles. The van der Waals surface area contributed by atoms with Crippen molar-refractivity contribution in [1.29, 1.82) is 0 Å². The quantitative estimate of drug-likeness (QED) is 0.444. The van der Waals surface area contributed by atoms with Crippen LogP contribution in [0, 0.1) is 0 Å². The van der Waals surface area contributed by atoms with Gasteiger partial charge >= 0.3 is 0 Å². The van der Waals surface area contributed by atoms with Gasteiger partial charge in [0.1, 0.15) is 5.75 Å². The molecule has 0 aliphatic heterocycles. The Hall–Kier alpha value is -2.27. The van der Waals surface area contributed by atoms with Gasteiger partial charge in [-0.15, -0.1) is 0 Å². The van der Waals surface area contributed by atoms with Crippen molar-refractivity contribution in [2.24, 2.45) is 4.99 Å². The lowest BCUT2D eigenvalue weighted by atomic mass is 10.1. The SMILES string of the molecule is CCOCCCNC(=NC)NCc1ccc2cc(OC)ccc2c1. The zero-order valence-corrected chi connectivity index (χ0v) is 14.8. The zero-order valence-electron chi connectivity index (χ0n) is 14.8. The molecule has 0 unspecified atom stereocenters. The fraction of sp³-hybridized carbons (Fsp3) is 0.421. The number of benzene rings is 2. The molecule has 0 aliphatic carbocycles. The molecule has 0 bridgehead atoms. The van der Waals surface area contributed by atoms with Gasteiger partial charge in [-0.1, -0.05) is 18.2 Å². The average molecular weight is 329 g/mol. The molecule has 0 amide bonds. The van der Waals surface area contributed by atoms with E-state index in [9.17, 15) is 0 Å². The summed E-state index contributed by atoms with van der Waals surface area (Å²) in [6, 6.07) is 12.5. The number of guanidine groups is 1. The third-order valence-electron chi connectivity index (χ3n) is 3.76. The van der Waals surface area contributed by atoms with E-state index in [1.807, 2.05) is 19.1 Å². The van der Waals surface area contributed by atoms with Gasteiger partial charge < -0.3 is 20.1 Å². The van der Waals surface area contributed by atoms with Crippen LogP contribution in [0.5, 0.6) is 5.75 Å². The van der Waals surface area contributed by atoms with Crippen molar-refractivity contribution in [3.8, 4) is 5.75 Å². The first-order chi connectivity index (χ1) is 11.8. The number of methoxy groups -OCH3 is 1. The molecule has 0 radical (unpaired) electrons. The molecule has 2 aromatic rings. The van der Waals surface area contributed by atoms with Crippen molar-refractivity contribution in [2.45, 2.75) is 19.9 Å². The van der Waals surface area contributed by atoms with Gasteiger partial charge in [0, 0.05) is 33.4 Å². The molecule has 130 valence electrons. The highest BCUT2D eigenvalue weighted by Gasteiger charge is 2.01. The second-order valence-corrected chi connectivity index (χ2v) is 5.45. The molecule has 0 saturated carbocycles. The van der Waals surface area contributed by atoms with E-state index in [0.717, 1.165) is 44.4 Å². The topological polar surface area (TPSA) is 54.9 Å². The standard InChI is InChI=1S/C19H27N3O2/c1-4-24-11-5-10-21-19(20-2)22-14-15-6-7-17-13-18(23-3)9-8-16(17)12-15/h6-9,12-13H,4-5,10-11,14H2,1-3H3,(H2,20,21,22). The van der Waals surface area contributed by atoms with E-state index in [1.165, 1.54) is 16.3 Å². The highest BCUT2D eigenvalue weighted by Crippen LogP contribution is 2.21. The van der Waals surface area contributed by atoms with Gasteiger partial charge in [-0.2, -0.15) is 0 Å². The molecule has 24 heavy (non-hydrogen) atoms. The van der Waals surface area contributed by atoms with Crippen molar-refractivity contribution in [3.63, 3.8) is 0 Å². The monoisotopic (exact) mass is 329 g/mol. The molecular formula is C19H27N3O2. The van der Waals surface area contributed by atoms with Crippen LogP contribution in [0.25, 0.3) is 10.8 Å². The van der Waals surface area contributed by atoms with Gasteiger partial charge in [0.15, 0.2) is 5.96 Å². The first-order valence-electron chi connectivity index (χ1n) is 8.35. The summed E-state index contributed by atoms with van der Waals surface area (Å²) in [4.78, 5) is 4.24. The summed E-state index contributed by atoms with van der Waals surface area (Å²) in [5.41, 5.74) is 1.21. The average Bonchev–Trinajstić information content (AvgIpc) is 2.63. The minimum Gasteiger partial charge on any atom is -0.497 e. The largest absolute Gasteiger partial charge is 0.497 e. The third-order valence-corrected chi connectivity index (χ3v) is 3.76. The van der Waals surface area contributed by atoms with Crippen molar-refractivity contribution < 1.29 is 9.47 Å². The molecule has 0 saturated heterocycles. The highest BCUT2D eigenvalue weighted by atomic mass is 16.5. The Balaban J connectivity index is 1.87. The summed E-state index contributed by atoms with van der Waals surface area (Å²) in [6.07, 6.45) is 0.965. The van der Waals surface area contributed by atoms with Gasteiger partial charge in [-0.25, -0.2) is 0 Å². The molecule has 2 rings (SSSR count). The smallest absolute Gasteiger partial charge is 0.191 e. The molecule has 0 fully saturated rings. The summed E-state index contributed by atoms with van der Waals surface area (Å²) in [7, 11) is 3.47. The van der Waals surface area contributed by atoms with Crippen molar-refractivity contribution in [1.82, 2.24) is 10.6 Å². The van der Waals surface area contributed by atoms with Gasteiger partial charge in [-0.05, 0) is 47.9 Å². The minimum atomic E-state index is 0.729. The number of rotatable bonds is 8. The number of nitrogens with zero attached hydrogens (tertiary/aromatic N) is 1. The number of hydrogen-bond donors (Lipinski definition) is 2. The van der Waals surface area contributed by atoms with E-state index in [-0.39, 0.29) is 0 Å². The number of ether oxygens (including phenoxy) is 2. The minimum absolute atomic E-state index is 0.729. The van der Waals surface area contributed by atoms with Gasteiger partial charge in [-0.3, -0.25) is 4.99 Å². The lowest BCUT2D eigenvalue weighted by molar-refractivity contribution is 0.145. The van der Waals surface area contributed by atoms with Crippen LogP contribution in [0.1, 0.15) is 18.9 Å². The van der Waals surface area contributed by atoms with E-state index < -0.39 is 0 Å². The molecule has 0 atom stereocenters. The zero-order chi connectivity index (χ0) is 17.2. The Kier molecular flexibility index (Phi) is 7.36. The predicted molar refractivity (Wildman–Crippen MR) is 99.8 cm³/mol. The van der Waals surface area contributed by atoms with Gasteiger partial charge in [0.2, 0.25) is 0 Å². The lowest BCUT2D eigenvalue weighted by Crippen LogP contribution is -2.37. The van der Waals surface area contributed by atoms with E-state index in [1.54, 1.807) is 14.2 Å². The molecular weight excluding hydrogens is 302 g/mol. The Morgan fingerprint density at radius 1 is 1.08 bits per heavy atom. The van der Waals surface area contributed by atoms with Crippen LogP contribution in [-0.2, 0) is 11.3 Å². The first-order valence-corrected chi connectivity index (χ1v) is 8.35.